The summed E-state index contributed by atoms with van der Waals surface area (Å²) in [7, 11) is 0. The maximum Gasteiger partial charge on any atom is 0.190 e. The molecule has 0 aromatic heterocycles. The Kier molecular flexibility index (Phi) is 5.07. The zero-order valence-corrected chi connectivity index (χ0v) is 15.2. The van der Waals surface area contributed by atoms with Crippen molar-refractivity contribution in [3.8, 4) is 5.75 Å². The molecule has 0 amide bonds. The van der Waals surface area contributed by atoms with Gasteiger partial charge in [-0.25, -0.2) is 8.78 Å². The highest BCUT2D eigenvalue weighted by Gasteiger charge is 2.15. The average molecular weight is 412 g/mol. The van der Waals surface area contributed by atoms with Crippen molar-refractivity contribution in [3.63, 3.8) is 0 Å². The van der Waals surface area contributed by atoms with E-state index in [1.54, 1.807) is 6.92 Å². The minimum absolute atomic E-state index is 0.205. The number of hydrogen-bond donors (Lipinski definition) is 0. The van der Waals surface area contributed by atoms with Gasteiger partial charge in [-0.3, -0.25) is 0 Å². The fourth-order valence-electron chi connectivity index (χ4n) is 2.70. The molecule has 0 saturated heterocycles. The van der Waals surface area contributed by atoms with Crippen molar-refractivity contribution in [1.29, 1.82) is 0 Å². The number of ether oxygens (including phenoxy) is 1. The second kappa shape index (κ2) is 7.08. The van der Waals surface area contributed by atoms with Crippen molar-refractivity contribution in [1.82, 2.24) is 0 Å². The highest BCUT2D eigenvalue weighted by Crippen LogP contribution is 2.35. The van der Waals surface area contributed by atoms with Crippen molar-refractivity contribution >= 4 is 38.3 Å². The Bertz CT molecular complexity index is 888. The number of benzene rings is 3. The van der Waals surface area contributed by atoms with Crippen LogP contribution in [0.15, 0.2) is 46.9 Å². The molecule has 0 aliphatic rings. The van der Waals surface area contributed by atoms with E-state index in [9.17, 15) is 8.78 Å². The highest BCUT2D eigenvalue weighted by molar-refractivity contribution is 9.10. The van der Waals surface area contributed by atoms with Crippen LogP contribution in [-0.2, 0) is 6.42 Å². The topological polar surface area (TPSA) is 9.23 Å². The third-order valence-corrected chi connectivity index (χ3v) is 4.85. The molecule has 3 aromatic carbocycles. The van der Waals surface area contributed by atoms with Crippen LogP contribution in [-0.4, -0.2) is 6.61 Å². The summed E-state index contributed by atoms with van der Waals surface area (Å²) in [5.74, 6) is -1.75. The smallest absolute Gasteiger partial charge is 0.190 e. The molecular weight excluding hydrogens is 398 g/mol. The normalized spacial score (nSPS) is 11.0. The molecule has 0 spiro atoms. The SMILES string of the molecule is CCOc1c(F)cc(Cc2cc(Br)c3ccccc3c2Cl)cc1F. The fraction of sp³-hybridized carbons (Fsp3) is 0.158. The van der Waals surface area contributed by atoms with E-state index in [1.807, 2.05) is 30.3 Å². The molecule has 0 unspecified atom stereocenters. The van der Waals surface area contributed by atoms with Gasteiger partial charge in [0.25, 0.3) is 0 Å². The van der Waals surface area contributed by atoms with Crippen LogP contribution < -0.4 is 4.74 Å². The predicted molar refractivity (Wildman–Crippen MR) is 97.0 cm³/mol. The summed E-state index contributed by atoms with van der Waals surface area (Å²) in [4.78, 5) is 0. The molecule has 3 aromatic rings. The first kappa shape index (κ1) is 17.2. The van der Waals surface area contributed by atoms with Gasteiger partial charge in [0.15, 0.2) is 17.4 Å². The quantitative estimate of drug-likeness (QED) is 0.474. The molecule has 0 saturated carbocycles. The second-order valence-corrected chi connectivity index (χ2v) is 6.61. The minimum atomic E-state index is -0.706. The minimum Gasteiger partial charge on any atom is -0.488 e. The Balaban J connectivity index is 2.03. The van der Waals surface area contributed by atoms with Gasteiger partial charge in [0.1, 0.15) is 0 Å². The van der Waals surface area contributed by atoms with E-state index >= 15 is 0 Å². The molecule has 0 heterocycles. The van der Waals surface area contributed by atoms with Crippen molar-refractivity contribution in [2.24, 2.45) is 0 Å². The third-order valence-electron chi connectivity index (χ3n) is 3.75. The third kappa shape index (κ3) is 3.26. The first-order valence-electron chi connectivity index (χ1n) is 7.47. The van der Waals surface area contributed by atoms with E-state index in [-0.39, 0.29) is 12.4 Å². The first-order chi connectivity index (χ1) is 11.5. The van der Waals surface area contributed by atoms with Crippen molar-refractivity contribution in [3.05, 3.63) is 74.7 Å². The van der Waals surface area contributed by atoms with Gasteiger partial charge in [0, 0.05) is 9.86 Å². The van der Waals surface area contributed by atoms with Crippen molar-refractivity contribution in [2.45, 2.75) is 13.3 Å². The molecule has 3 rings (SSSR count). The van der Waals surface area contributed by atoms with Crippen LogP contribution in [0.5, 0.6) is 5.75 Å². The zero-order valence-electron chi connectivity index (χ0n) is 12.9. The fourth-order valence-corrected chi connectivity index (χ4v) is 3.60. The van der Waals surface area contributed by atoms with E-state index in [1.165, 1.54) is 12.1 Å². The molecule has 0 radical (unpaired) electrons. The van der Waals surface area contributed by atoms with Gasteiger partial charge in [0.2, 0.25) is 0 Å². The molecule has 0 aliphatic heterocycles. The van der Waals surface area contributed by atoms with Crippen LogP contribution in [0.25, 0.3) is 10.8 Å². The highest BCUT2D eigenvalue weighted by atomic mass is 79.9. The summed E-state index contributed by atoms with van der Waals surface area (Å²) in [6, 6.07) is 12.2. The molecule has 1 nitrogen and oxygen atoms in total. The summed E-state index contributed by atoms with van der Waals surface area (Å²) >= 11 is 10.0. The number of rotatable bonds is 4. The summed E-state index contributed by atoms with van der Waals surface area (Å²) in [5, 5.41) is 2.48. The van der Waals surface area contributed by atoms with Gasteiger partial charge in [-0.15, -0.1) is 0 Å². The van der Waals surface area contributed by atoms with Gasteiger partial charge in [-0.1, -0.05) is 51.8 Å². The van der Waals surface area contributed by atoms with E-state index in [4.69, 9.17) is 16.3 Å². The standard InChI is InChI=1S/C19H14BrClF2O/c1-2-24-19-16(22)8-11(9-17(19)23)7-12-10-15(20)13-5-3-4-6-14(13)18(12)21/h3-6,8-10H,2,7H2,1H3. The maximum atomic E-state index is 14.0. The Morgan fingerprint density at radius 3 is 2.29 bits per heavy atom. The summed E-state index contributed by atoms with van der Waals surface area (Å²) in [6.07, 6.45) is 0.322. The van der Waals surface area contributed by atoms with Gasteiger partial charge in [-0.05, 0) is 48.1 Å². The molecule has 24 heavy (non-hydrogen) atoms. The lowest BCUT2D eigenvalue weighted by molar-refractivity contribution is 0.302. The lowest BCUT2D eigenvalue weighted by Gasteiger charge is -2.12. The van der Waals surface area contributed by atoms with Crippen LogP contribution in [0.1, 0.15) is 18.1 Å². The van der Waals surface area contributed by atoms with Crippen LogP contribution in [0.2, 0.25) is 5.02 Å². The van der Waals surface area contributed by atoms with E-state index in [0.29, 0.717) is 17.0 Å². The Hall–Kier alpha value is -1.65. The van der Waals surface area contributed by atoms with E-state index in [0.717, 1.165) is 20.8 Å². The number of halogens is 4. The lowest BCUT2D eigenvalue weighted by atomic mass is 10.0. The monoisotopic (exact) mass is 410 g/mol. The van der Waals surface area contributed by atoms with Crippen LogP contribution in [0, 0.1) is 11.6 Å². The largest absolute Gasteiger partial charge is 0.488 e. The molecular formula is C19H14BrClF2O. The summed E-state index contributed by atoms with van der Waals surface area (Å²) < 4.78 is 33.9. The molecule has 0 N–H and O–H groups in total. The number of fused-ring (bicyclic) bond motifs is 1. The summed E-state index contributed by atoms with van der Waals surface area (Å²) in [5.41, 5.74) is 1.29. The van der Waals surface area contributed by atoms with Crippen molar-refractivity contribution in [2.75, 3.05) is 6.61 Å². The van der Waals surface area contributed by atoms with Crippen LogP contribution >= 0.6 is 27.5 Å². The van der Waals surface area contributed by atoms with E-state index in [2.05, 4.69) is 15.9 Å². The van der Waals surface area contributed by atoms with Gasteiger partial charge in [-0.2, -0.15) is 0 Å². The van der Waals surface area contributed by atoms with Crippen molar-refractivity contribution < 1.29 is 13.5 Å². The Labute approximate surface area is 152 Å². The summed E-state index contributed by atoms with van der Waals surface area (Å²) in [6.45, 7) is 1.88. The average Bonchev–Trinajstić information content (AvgIpc) is 2.56. The Morgan fingerprint density at radius 1 is 1.04 bits per heavy atom. The molecule has 0 fully saturated rings. The van der Waals surface area contributed by atoms with Gasteiger partial charge in [0.05, 0.1) is 11.6 Å². The van der Waals surface area contributed by atoms with Crippen LogP contribution in [0.4, 0.5) is 8.78 Å². The molecule has 0 atom stereocenters. The maximum absolute atomic E-state index is 14.0. The Morgan fingerprint density at radius 2 is 1.67 bits per heavy atom. The van der Waals surface area contributed by atoms with Gasteiger partial charge < -0.3 is 4.74 Å². The first-order valence-corrected chi connectivity index (χ1v) is 8.64. The zero-order chi connectivity index (χ0) is 17.3. The number of hydrogen-bond acceptors (Lipinski definition) is 1. The van der Waals surface area contributed by atoms with E-state index < -0.39 is 11.6 Å². The van der Waals surface area contributed by atoms with Crippen LogP contribution in [0.3, 0.4) is 0 Å². The predicted octanol–water partition coefficient (Wildman–Crippen LogP) is 6.52. The second-order valence-electron chi connectivity index (χ2n) is 5.38. The van der Waals surface area contributed by atoms with Gasteiger partial charge >= 0.3 is 0 Å². The molecule has 5 heteroatoms. The molecule has 0 bridgehead atoms. The lowest BCUT2D eigenvalue weighted by Crippen LogP contribution is -2.00. The molecule has 124 valence electrons. The molecule has 0 aliphatic carbocycles.